The topological polar surface area (TPSA) is 231 Å². The van der Waals surface area contributed by atoms with Crippen LogP contribution in [0, 0.1) is 0 Å². The maximum absolute atomic E-state index is 12.9. The smallest absolute Gasteiger partial charge is 0.463 e. The highest BCUT2D eigenvalue weighted by molar-refractivity contribution is 7.47. The number of aliphatic hydroxyl groups excluding tert-OH is 2. The van der Waals surface area contributed by atoms with Crippen LogP contribution >= 0.6 is 15.6 Å². The first-order valence-electron chi connectivity index (χ1n) is 35.8. The van der Waals surface area contributed by atoms with E-state index in [1.165, 1.54) is 89.9 Å². The highest BCUT2D eigenvalue weighted by Gasteiger charge is 2.29. The van der Waals surface area contributed by atoms with Gasteiger partial charge in [0.25, 0.3) is 0 Å². The number of aliphatic hydroxyl groups is 2. The Morgan fingerprint density at radius 2 is 0.570 bits per heavy atom. The summed E-state index contributed by atoms with van der Waals surface area (Å²) in [6.45, 7) is 2.46. The normalized spacial score (nSPS) is 14.9. The summed E-state index contributed by atoms with van der Waals surface area (Å²) in [5, 5.41) is 20.6. The number of hydrogen-bond acceptors (Lipinski definition) is 14. The van der Waals surface area contributed by atoms with Gasteiger partial charge in [-0.2, -0.15) is 0 Å². The second kappa shape index (κ2) is 67.9. The van der Waals surface area contributed by atoms with E-state index in [0.29, 0.717) is 19.3 Å². The minimum absolute atomic E-state index is 0.0999. The summed E-state index contributed by atoms with van der Waals surface area (Å²) in [6, 6.07) is 0. The number of ether oxygens (including phenoxy) is 3. The monoisotopic (exact) mass is 1350 g/mol. The van der Waals surface area contributed by atoms with Gasteiger partial charge in [-0.05, 0) is 116 Å². The molecular formula is C75H128O16P2. The molecule has 0 aromatic heterocycles. The van der Waals surface area contributed by atoms with Crippen LogP contribution in [0.2, 0.25) is 0 Å². The van der Waals surface area contributed by atoms with Crippen molar-refractivity contribution in [2.45, 2.75) is 296 Å². The molecule has 0 aromatic carbocycles. The molecule has 4 N–H and O–H groups in total. The van der Waals surface area contributed by atoms with Crippen LogP contribution in [0.1, 0.15) is 278 Å². The van der Waals surface area contributed by atoms with Crippen LogP contribution < -0.4 is 0 Å². The fourth-order valence-corrected chi connectivity index (χ4v) is 10.8. The van der Waals surface area contributed by atoms with E-state index >= 15 is 0 Å². The third-order valence-corrected chi connectivity index (χ3v) is 16.6. The summed E-state index contributed by atoms with van der Waals surface area (Å²) in [5.74, 6) is -1.63. The Balaban J connectivity index is 4.72. The zero-order chi connectivity index (χ0) is 68.1. The molecule has 0 heterocycles. The molecule has 0 radical (unpaired) electrons. The summed E-state index contributed by atoms with van der Waals surface area (Å²) < 4.78 is 60.9. The SMILES string of the molecule is CC/C=C\C/C=C\C/C=C\C/C=C\C/C=C\C/C=C\CCCCC(=O)OCC(O)COP(=O)(O)OCC(O)COP(=O)(O)OCC(COC(=O)CCCCCCC/C=C\C/C=C\C/C=C\C/C=C\CCCCC)OC(=O)CCCCCCCCCCCCCCCCC. The molecule has 18 heteroatoms. The number of rotatable bonds is 67. The lowest BCUT2D eigenvalue weighted by Gasteiger charge is -2.21. The fourth-order valence-electron chi connectivity index (χ4n) is 9.20. The molecule has 0 spiro atoms. The number of carbonyl (C=O) groups excluding carboxylic acids is 3. The largest absolute Gasteiger partial charge is 0.472 e. The van der Waals surface area contributed by atoms with Crippen molar-refractivity contribution < 1.29 is 75.8 Å². The summed E-state index contributed by atoms with van der Waals surface area (Å²) >= 11 is 0. The standard InChI is InChI=1S/C75H128O16P2/c1-4-7-10-13-16-19-22-25-28-30-32-34-36-38-41-43-46-49-52-55-58-61-73(78)85-64-70(76)65-87-92(81,82)88-66-71(77)67-89-93(83,84)90-69-72(91-75(80)63-60-57-54-51-48-45-40-27-24-21-18-15-12-9-6-3)68-86-74(79)62-59-56-53-50-47-44-42-39-37-35-33-31-29-26-23-20-17-14-11-8-5-2/h7,10,16-17,19-20,25-26,28-29,32-35,38-39,41-42,46,49,70-72,76-77H,4-6,8-9,11-15,18,21-24,27,30-31,36-37,40,43-45,47-48,50-69H2,1-3H3,(H,81,82)(H,83,84)/b10-7-,19-16-,20-17-,28-25-,29-26-,34-32-,35-33-,41-38-,42-39-,49-46-. The fraction of sp³-hybridized carbons (Fsp3) is 0.693. The van der Waals surface area contributed by atoms with Crippen molar-refractivity contribution in [3.05, 3.63) is 122 Å². The molecule has 16 nitrogen and oxygen atoms in total. The average molecular weight is 1350 g/mol. The average Bonchev–Trinajstić information content (AvgIpc) is 3.71. The molecule has 5 unspecified atom stereocenters. The van der Waals surface area contributed by atoms with Gasteiger partial charge in [-0.3, -0.25) is 32.5 Å². The molecular weight excluding hydrogens is 1220 g/mol. The van der Waals surface area contributed by atoms with Crippen molar-refractivity contribution in [2.24, 2.45) is 0 Å². The Labute approximate surface area is 563 Å². The van der Waals surface area contributed by atoms with Gasteiger partial charge in [0, 0.05) is 19.3 Å². The molecule has 0 aliphatic heterocycles. The molecule has 0 aliphatic rings. The van der Waals surface area contributed by atoms with Crippen molar-refractivity contribution >= 4 is 33.6 Å². The second-order valence-electron chi connectivity index (χ2n) is 23.7. The van der Waals surface area contributed by atoms with Crippen LogP contribution in [0.3, 0.4) is 0 Å². The van der Waals surface area contributed by atoms with Crippen LogP contribution in [0.25, 0.3) is 0 Å². The molecule has 0 amide bonds. The lowest BCUT2D eigenvalue weighted by molar-refractivity contribution is -0.161. The van der Waals surface area contributed by atoms with E-state index in [0.717, 1.165) is 128 Å². The molecule has 0 bridgehead atoms. The molecule has 5 atom stereocenters. The van der Waals surface area contributed by atoms with Crippen molar-refractivity contribution in [1.82, 2.24) is 0 Å². The van der Waals surface area contributed by atoms with E-state index in [1.54, 1.807) is 0 Å². The van der Waals surface area contributed by atoms with Crippen molar-refractivity contribution in [3.63, 3.8) is 0 Å². The van der Waals surface area contributed by atoms with Gasteiger partial charge in [-0.15, -0.1) is 0 Å². The Morgan fingerprint density at radius 1 is 0.312 bits per heavy atom. The van der Waals surface area contributed by atoms with E-state index in [9.17, 15) is 43.5 Å². The van der Waals surface area contributed by atoms with Gasteiger partial charge < -0.3 is 34.2 Å². The molecule has 0 aliphatic carbocycles. The van der Waals surface area contributed by atoms with Gasteiger partial charge in [-0.1, -0.05) is 264 Å². The summed E-state index contributed by atoms with van der Waals surface area (Å²) in [7, 11) is -9.80. The van der Waals surface area contributed by atoms with Crippen LogP contribution in [-0.4, -0.2) is 95.9 Å². The molecule has 0 fully saturated rings. The zero-order valence-electron chi connectivity index (χ0n) is 57.9. The van der Waals surface area contributed by atoms with E-state index < -0.39 is 91.5 Å². The predicted octanol–water partition coefficient (Wildman–Crippen LogP) is 20.2. The van der Waals surface area contributed by atoms with E-state index in [-0.39, 0.29) is 19.3 Å². The second-order valence-corrected chi connectivity index (χ2v) is 26.6. The van der Waals surface area contributed by atoms with Crippen LogP contribution in [0.4, 0.5) is 0 Å². The van der Waals surface area contributed by atoms with Crippen molar-refractivity contribution in [2.75, 3.05) is 39.6 Å². The van der Waals surface area contributed by atoms with E-state index in [4.69, 9.17) is 32.3 Å². The lowest BCUT2D eigenvalue weighted by atomic mass is 10.0. The van der Waals surface area contributed by atoms with Gasteiger partial charge in [0.15, 0.2) is 6.10 Å². The molecule has 0 saturated carbocycles. The number of carbonyl (C=O) groups is 3. The third kappa shape index (κ3) is 69.1. The first-order valence-corrected chi connectivity index (χ1v) is 38.8. The van der Waals surface area contributed by atoms with Gasteiger partial charge in [0.1, 0.15) is 25.4 Å². The van der Waals surface area contributed by atoms with Gasteiger partial charge in [0.2, 0.25) is 0 Å². The molecule has 0 rings (SSSR count). The number of esters is 3. The number of hydrogen-bond donors (Lipinski definition) is 4. The highest BCUT2D eigenvalue weighted by Crippen LogP contribution is 2.45. The Hall–Kier alpha value is -4.05. The summed E-state index contributed by atoms with van der Waals surface area (Å²) in [6.07, 6.45) is 78.1. The molecule has 534 valence electrons. The number of allylic oxidation sites excluding steroid dienone is 20. The maximum Gasteiger partial charge on any atom is 0.472 e. The maximum atomic E-state index is 12.9. The lowest BCUT2D eigenvalue weighted by Crippen LogP contribution is -2.30. The Morgan fingerprint density at radius 3 is 0.946 bits per heavy atom. The summed E-state index contributed by atoms with van der Waals surface area (Å²) in [4.78, 5) is 58.5. The quantitative estimate of drug-likeness (QED) is 0.0146. The first kappa shape index (κ1) is 89.0. The van der Waals surface area contributed by atoms with Crippen LogP contribution in [0.5, 0.6) is 0 Å². The van der Waals surface area contributed by atoms with Gasteiger partial charge in [-0.25, -0.2) is 9.13 Å². The minimum Gasteiger partial charge on any atom is -0.463 e. The predicted molar refractivity (Wildman–Crippen MR) is 380 cm³/mol. The number of phosphoric acid groups is 2. The molecule has 0 saturated heterocycles. The number of phosphoric ester groups is 2. The Bertz CT molecular complexity index is 2180. The van der Waals surface area contributed by atoms with Crippen LogP contribution in [-0.2, 0) is 55.8 Å². The van der Waals surface area contributed by atoms with Gasteiger partial charge in [0.05, 0.1) is 26.4 Å². The van der Waals surface area contributed by atoms with Crippen molar-refractivity contribution in [1.29, 1.82) is 0 Å². The third-order valence-electron chi connectivity index (χ3n) is 14.7. The van der Waals surface area contributed by atoms with Crippen molar-refractivity contribution in [3.8, 4) is 0 Å². The number of unbranched alkanes of at least 4 members (excludes halogenated alkanes) is 24. The minimum atomic E-state index is -4.93. The summed E-state index contributed by atoms with van der Waals surface area (Å²) in [5.41, 5.74) is 0. The zero-order valence-corrected chi connectivity index (χ0v) is 59.7. The van der Waals surface area contributed by atoms with Gasteiger partial charge >= 0.3 is 33.6 Å². The highest BCUT2D eigenvalue weighted by atomic mass is 31.2. The Kier molecular flexibility index (Phi) is 65.0. The first-order chi connectivity index (χ1) is 45.2. The van der Waals surface area contributed by atoms with E-state index in [1.807, 2.05) is 0 Å². The molecule has 93 heavy (non-hydrogen) atoms. The van der Waals surface area contributed by atoms with E-state index in [2.05, 4.69) is 142 Å². The molecule has 0 aromatic rings. The van der Waals surface area contributed by atoms with Crippen LogP contribution in [0.15, 0.2) is 122 Å².